The van der Waals surface area contributed by atoms with Crippen LogP contribution < -0.4 is 10.6 Å². The van der Waals surface area contributed by atoms with Gasteiger partial charge in [0, 0.05) is 26.3 Å². The average Bonchev–Trinajstić information content (AvgIpc) is 2.70. The first-order valence-electron chi connectivity index (χ1n) is 11.4. The van der Waals surface area contributed by atoms with Gasteiger partial charge >= 0.3 is 0 Å². The van der Waals surface area contributed by atoms with Crippen LogP contribution in [0, 0.1) is 0 Å². The molecule has 0 aromatic heterocycles. The monoisotopic (exact) mass is 432 g/mol. The molecule has 0 aliphatic heterocycles. The third-order valence-corrected chi connectivity index (χ3v) is 5.38. The van der Waals surface area contributed by atoms with E-state index in [4.69, 9.17) is 33.9 Å². The molecule has 0 aliphatic rings. The molecule has 4 nitrogen and oxygen atoms in total. The molecular weight excluding hydrogens is 388 g/mol. The minimum absolute atomic E-state index is 0.592. The lowest BCUT2D eigenvalue weighted by atomic mass is 10.1. The predicted octanol–water partition coefficient (Wildman–Crippen LogP) is 5.57. The van der Waals surface area contributed by atoms with E-state index in [1.54, 1.807) is 0 Å². The van der Waals surface area contributed by atoms with Crippen molar-refractivity contribution in [3.8, 4) is 0 Å². The van der Waals surface area contributed by atoms with E-state index in [2.05, 4.69) is 24.5 Å². The Balaban J connectivity index is 3.33. The molecule has 0 heterocycles. The molecule has 166 valence electrons. The number of hydrogen-bond donors (Lipinski definition) is 2. The largest absolute Gasteiger partial charge is 0.380 e. The Kier molecular flexibility index (Phi) is 22.7. The summed E-state index contributed by atoms with van der Waals surface area (Å²) >= 11 is 10.6. The molecule has 0 rings (SSSR count). The lowest BCUT2D eigenvalue weighted by Crippen LogP contribution is -2.39. The summed E-state index contributed by atoms with van der Waals surface area (Å²) in [5, 5.41) is 6.30. The molecular formula is C22H44N2O2S2. The second-order valence-electron chi connectivity index (χ2n) is 7.27. The number of thiocarbonyl (C=S) groups is 2. The smallest absolute Gasteiger partial charge is 0.134 e. The van der Waals surface area contributed by atoms with Gasteiger partial charge in [-0.05, 0) is 12.8 Å². The molecule has 6 heteroatoms. The molecule has 0 aliphatic carbocycles. The Morgan fingerprint density at radius 3 is 1.29 bits per heavy atom. The third-order valence-electron chi connectivity index (χ3n) is 4.55. The highest BCUT2D eigenvalue weighted by molar-refractivity contribution is 7.89. The highest BCUT2D eigenvalue weighted by atomic mass is 32.1. The quantitative estimate of drug-likeness (QED) is 0.193. The molecule has 0 fully saturated rings. The van der Waals surface area contributed by atoms with Crippen LogP contribution in [0.1, 0.15) is 90.9 Å². The normalized spacial score (nSPS) is 10.8. The summed E-state index contributed by atoms with van der Waals surface area (Å²) in [6.45, 7) is 8.88. The molecule has 0 amide bonds. The van der Waals surface area contributed by atoms with Crippen molar-refractivity contribution < 1.29 is 9.47 Å². The van der Waals surface area contributed by atoms with E-state index in [0.29, 0.717) is 36.3 Å². The van der Waals surface area contributed by atoms with Crippen LogP contribution in [-0.2, 0) is 9.47 Å². The lowest BCUT2D eigenvalue weighted by Gasteiger charge is -2.12. The highest BCUT2D eigenvalue weighted by Crippen LogP contribution is 2.05. The minimum Gasteiger partial charge on any atom is -0.380 e. The van der Waals surface area contributed by atoms with Crippen molar-refractivity contribution in [3.05, 3.63) is 0 Å². The van der Waals surface area contributed by atoms with Gasteiger partial charge in [-0.2, -0.15) is 0 Å². The standard InChI is InChI=1S/C22H44N2O2S2/c1-3-5-7-9-11-13-17-25-19-15-23-21(27)22(28)24-16-20-26-18-14-12-10-8-6-4-2/h3-20H2,1-2H3,(H,23,27)(H,24,28). The van der Waals surface area contributed by atoms with Gasteiger partial charge in [-0.1, -0.05) is 102 Å². The van der Waals surface area contributed by atoms with Crippen molar-refractivity contribution in [2.24, 2.45) is 0 Å². The van der Waals surface area contributed by atoms with Gasteiger partial charge in [0.1, 0.15) is 9.98 Å². The zero-order chi connectivity index (χ0) is 20.7. The van der Waals surface area contributed by atoms with E-state index in [1.807, 2.05) is 0 Å². The SMILES string of the molecule is CCCCCCCCOCCNC(=S)C(=S)NCCOCCCCCCCC. The van der Waals surface area contributed by atoms with E-state index in [0.717, 1.165) is 26.1 Å². The molecule has 0 saturated carbocycles. The van der Waals surface area contributed by atoms with Crippen molar-refractivity contribution in [3.63, 3.8) is 0 Å². The molecule has 0 unspecified atom stereocenters. The second-order valence-corrected chi connectivity index (χ2v) is 8.09. The third kappa shape index (κ3) is 20.4. The van der Waals surface area contributed by atoms with Gasteiger partial charge in [0.25, 0.3) is 0 Å². The molecule has 0 aromatic rings. The van der Waals surface area contributed by atoms with Crippen LogP contribution in [0.2, 0.25) is 0 Å². The zero-order valence-electron chi connectivity index (χ0n) is 18.4. The molecule has 2 N–H and O–H groups in total. The number of unbranched alkanes of at least 4 members (excludes halogenated alkanes) is 10. The second kappa shape index (κ2) is 23.0. The van der Waals surface area contributed by atoms with E-state index in [-0.39, 0.29) is 0 Å². The number of hydrogen-bond acceptors (Lipinski definition) is 4. The molecule has 0 atom stereocenters. The topological polar surface area (TPSA) is 42.5 Å². The fraction of sp³-hybridized carbons (Fsp3) is 0.909. The summed E-state index contributed by atoms with van der Waals surface area (Å²) in [5.74, 6) is 0. The van der Waals surface area contributed by atoms with Crippen LogP contribution in [0.15, 0.2) is 0 Å². The summed E-state index contributed by atoms with van der Waals surface area (Å²) in [5.41, 5.74) is 0. The summed E-state index contributed by atoms with van der Waals surface area (Å²) < 4.78 is 11.3. The maximum absolute atomic E-state index is 5.63. The lowest BCUT2D eigenvalue weighted by molar-refractivity contribution is 0.134. The number of rotatable bonds is 20. The van der Waals surface area contributed by atoms with Gasteiger partial charge in [0.15, 0.2) is 0 Å². The van der Waals surface area contributed by atoms with Gasteiger partial charge in [-0.3, -0.25) is 0 Å². The van der Waals surface area contributed by atoms with E-state index >= 15 is 0 Å². The summed E-state index contributed by atoms with van der Waals surface area (Å²) in [4.78, 5) is 1.18. The molecule has 0 aromatic carbocycles. The minimum atomic E-state index is 0.592. The summed E-state index contributed by atoms with van der Waals surface area (Å²) in [7, 11) is 0. The fourth-order valence-corrected chi connectivity index (χ4v) is 3.16. The highest BCUT2D eigenvalue weighted by Gasteiger charge is 2.03. The van der Waals surface area contributed by atoms with E-state index in [1.165, 1.54) is 64.2 Å². The summed E-state index contributed by atoms with van der Waals surface area (Å²) in [6.07, 6.45) is 15.5. The van der Waals surface area contributed by atoms with Crippen LogP contribution >= 0.6 is 24.4 Å². The average molecular weight is 433 g/mol. The van der Waals surface area contributed by atoms with Gasteiger partial charge in [-0.15, -0.1) is 0 Å². The Morgan fingerprint density at radius 2 is 0.893 bits per heavy atom. The molecule has 0 saturated heterocycles. The fourth-order valence-electron chi connectivity index (χ4n) is 2.81. The van der Waals surface area contributed by atoms with E-state index in [9.17, 15) is 0 Å². The molecule has 0 spiro atoms. The summed E-state index contributed by atoms with van der Waals surface area (Å²) in [6, 6.07) is 0. The Bertz CT molecular complexity index is 334. The van der Waals surface area contributed by atoms with Crippen LogP contribution in [0.4, 0.5) is 0 Å². The number of nitrogens with one attached hydrogen (secondary N) is 2. The maximum atomic E-state index is 5.63. The molecule has 0 radical (unpaired) electrons. The van der Waals surface area contributed by atoms with Crippen molar-refractivity contribution >= 4 is 34.4 Å². The first-order valence-corrected chi connectivity index (χ1v) is 12.3. The Morgan fingerprint density at radius 1 is 0.536 bits per heavy atom. The Labute approximate surface area is 184 Å². The first kappa shape index (κ1) is 27.7. The maximum Gasteiger partial charge on any atom is 0.134 e. The van der Waals surface area contributed by atoms with Crippen molar-refractivity contribution in [1.29, 1.82) is 0 Å². The van der Waals surface area contributed by atoms with Gasteiger partial charge < -0.3 is 20.1 Å². The molecule has 0 bridgehead atoms. The van der Waals surface area contributed by atoms with Crippen LogP contribution in [0.3, 0.4) is 0 Å². The predicted molar refractivity (Wildman–Crippen MR) is 130 cm³/mol. The van der Waals surface area contributed by atoms with Gasteiger partial charge in [0.2, 0.25) is 0 Å². The van der Waals surface area contributed by atoms with Crippen molar-refractivity contribution in [2.75, 3.05) is 39.5 Å². The van der Waals surface area contributed by atoms with Crippen LogP contribution in [-0.4, -0.2) is 49.5 Å². The number of ether oxygens (including phenoxy) is 2. The molecule has 28 heavy (non-hydrogen) atoms. The zero-order valence-corrected chi connectivity index (χ0v) is 20.0. The Hall–Kier alpha value is -0.300. The first-order chi connectivity index (χ1) is 13.7. The van der Waals surface area contributed by atoms with Crippen LogP contribution in [0.25, 0.3) is 0 Å². The van der Waals surface area contributed by atoms with Crippen LogP contribution in [0.5, 0.6) is 0 Å². The van der Waals surface area contributed by atoms with Gasteiger partial charge in [-0.25, -0.2) is 0 Å². The van der Waals surface area contributed by atoms with Gasteiger partial charge in [0.05, 0.1) is 13.2 Å². The van der Waals surface area contributed by atoms with Crippen molar-refractivity contribution in [2.45, 2.75) is 90.9 Å². The van der Waals surface area contributed by atoms with Crippen molar-refractivity contribution in [1.82, 2.24) is 10.6 Å². The van der Waals surface area contributed by atoms with E-state index < -0.39 is 0 Å².